The third-order valence-electron chi connectivity index (χ3n) is 3.63. The van der Waals surface area contributed by atoms with Crippen LogP contribution in [0.15, 0.2) is 5.16 Å². The zero-order chi connectivity index (χ0) is 18.0. The van der Waals surface area contributed by atoms with Gasteiger partial charge in [-0.25, -0.2) is 9.50 Å². The van der Waals surface area contributed by atoms with Crippen LogP contribution in [-0.2, 0) is 20.7 Å². The van der Waals surface area contributed by atoms with Crippen LogP contribution in [0.2, 0.25) is 0 Å². The lowest BCUT2D eigenvalue weighted by Gasteiger charge is -2.17. The molecule has 1 amide bonds. The Morgan fingerprint density at radius 1 is 1.29 bits per heavy atom. The zero-order valence-electron chi connectivity index (χ0n) is 14.7. The van der Waals surface area contributed by atoms with Crippen molar-refractivity contribution in [3.8, 4) is 0 Å². The van der Waals surface area contributed by atoms with Crippen molar-refractivity contribution in [1.82, 2.24) is 24.5 Å². The Morgan fingerprint density at radius 2 is 1.96 bits per heavy atom. The minimum absolute atomic E-state index is 0.0279. The molecule has 0 saturated heterocycles. The number of carbonyl (C=O) groups is 2. The number of fused-ring (bicyclic) bond motifs is 1. The molecule has 0 aliphatic carbocycles. The summed E-state index contributed by atoms with van der Waals surface area (Å²) in [4.78, 5) is 34.1. The van der Waals surface area contributed by atoms with Crippen LogP contribution < -0.4 is 0 Å². The van der Waals surface area contributed by atoms with E-state index in [2.05, 4.69) is 15.1 Å². The van der Waals surface area contributed by atoms with E-state index in [1.165, 1.54) is 16.7 Å². The van der Waals surface area contributed by atoms with Crippen LogP contribution >= 0.6 is 11.8 Å². The minimum Gasteiger partial charge on any atom is -0.452 e. The molecular weight excluding hydrogens is 330 g/mol. The quantitative estimate of drug-likeness (QED) is 0.587. The Morgan fingerprint density at radius 3 is 2.54 bits per heavy atom. The smallest absolute Gasteiger partial charge is 0.311 e. The first-order valence-corrected chi connectivity index (χ1v) is 8.64. The number of ether oxygens (including phenoxy) is 1. The van der Waals surface area contributed by atoms with Gasteiger partial charge in [0.1, 0.15) is 0 Å². The van der Waals surface area contributed by atoms with E-state index in [1.54, 1.807) is 25.5 Å². The van der Waals surface area contributed by atoms with Gasteiger partial charge < -0.3 is 9.64 Å². The second-order valence-electron chi connectivity index (χ2n) is 5.61. The lowest BCUT2D eigenvalue weighted by Crippen LogP contribution is -2.35. The van der Waals surface area contributed by atoms with Crippen LogP contribution in [0, 0.1) is 13.8 Å². The van der Waals surface area contributed by atoms with Crippen LogP contribution in [0.5, 0.6) is 0 Å². The average Bonchev–Trinajstić information content (AvgIpc) is 2.93. The van der Waals surface area contributed by atoms with Crippen molar-refractivity contribution in [2.75, 3.05) is 20.4 Å². The number of aromatic nitrogens is 4. The van der Waals surface area contributed by atoms with Gasteiger partial charge in [-0.15, -0.1) is 5.10 Å². The first-order valence-electron chi connectivity index (χ1n) is 7.42. The van der Waals surface area contributed by atoms with Crippen molar-refractivity contribution < 1.29 is 14.3 Å². The van der Waals surface area contributed by atoms with E-state index in [9.17, 15) is 9.59 Å². The number of thioether (sulfide) groups is 1. The van der Waals surface area contributed by atoms with E-state index >= 15 is 0 Å². The lowest BCUT2D eigenvalue weighted by atomic mass is 10.1. The standard InChI is InChI=1S/C15H21N5O3S/c1-8-11(7-12(21)23-10(3)13(22)19(4)5)9(2)20-14(16-8)17-15(18-20)24-6/h10H,7H2,1-6H3/t10-/m0/s1. The topological polar surface area (TPSA) is 89.7 Å². The molecule has 0 saturated carbocycles. The number of rotatable bonds is 5. The number of amides is 1. The van der Waals surface area contributed by atoms with Crippen molar-refractivity contribution in [3.63, 3.8) is 0 Å². The Hall–Kier alpha value is -2.16. The number of likely N-dealkylation sites (N-methyl/N-ethyl adjacent to an activating group) is 1. The largest absolute Gasteiger partial charge is 0.452 e. The second kappa shape index (κ2) is 7.16. The molecule has 0 aromatic carbocycles. The predicted molar refractivity (Wildman–Crippen MR) is 90.0 cm³/mol. The molecule has 0 radical (unpaired) electrons. The van der Waals surface area contributed by atoms with E-state index in [1.807, 2.05) is 20.1 Å². The summed E-state index contributed by atoms with van der Waals surface area (Å²) in [7, 11) is 3.24. The average molecular weight is 351 g/mol. The molecular formula is C15H21N5O3S. The molecule has 24 heavy (non-hydrogen) atoms. The van der Waals surface area contributed by atoms with E-state index in [4.69, 9.17) is 4.74 Å². The van der Waals surface area contributed by atoms with Gasteiger partial charge in [0.15, 0.2) is 6.10 Å². The molecule has 130 valence electrons. The monoisotopic (exact) mass is 351 g/mol. The summed E-state index contributed by atoms with van der Waals surface area (Å²) >= 11 is 1.43. The molecule has 9 heteroatoms. The summed E-state index contributed by atoms with van der Waals surface area (Å²) in [5.74, 6) is -0.232. The van der Waals surface area contributed by atoms with Gasteiger partial charge in [0.2, 0.25) is 5.16 Å². The molecule has 2 heterocycles. The van der Waals surface area contributed by atoms with Gasteiger partial charge >= 0.3 is 5.97 Å². The fourth-order valence-corrected chi connectivity index (χ4v) is 2.67. The van der Waals surface area contributed by atoms with E-state index in [0.29, 0.717) is 16.6 Å². The van der Waals surface area contributed by atoms with Gasteiger partial charge in [-0.2, -0.15) is 4.98 Å². The molecule has 2 rings (SSSR count). The van der Waals surface area contributed by atoms with Crippen molar-refractivity contribution in [2.24, 2.45) is 0 Å². The number of esters is 1. The van der Waals surface area contributed by atoms with Gasteiger partial charge in [0, 0.05) is 31.0 Å². The van der Waals surface area contributed by atoms with Crippen LogP contribution in [0.3, 0.4) is 0 Å². The highest BCUT2D eigenvalue weighted by molar-refractivity contribution is 7.98. The molecule has 0 aliphatic rings. The highest BCUT2D eigenvalue weighted by atomic mass is 32.2. The van der Waals surface area contributed by atoms with Gasteiger partial charge in [-0.05, 0) is 27.0 Å². The Bertz CT molecular complexity index is 787. The van der Waals surface area contributed by atoms with Gasteiger partial charge in [0.05, 0.1) is 6.42 Å². The summed E-state index contributed by atoms with van der Waals surface area (Å²) < 4.78 is 6.84. The zero-order valence-corrected chi connectivity index (χ0v) is 15.5. The van der Waals surface area contributed by atoms with Gasteiger partial charge in [-0.1, -0.05) is 11.8 Å². The third kappa shape index (κ3) is 3.66. The minimum atomic E-state index is -0.820. The van der Waals surface area contributed by atoms with E-state index < -0.39 is 12.1 Å². The van der Waals surface area contributed by atoms with Crippen molar-refractivity contribution >= 4 is 29.4 Å². The highest BCUT2D eigenvalue weighted by Gasteiger charge is 2.22. The fraction of sp³-hybridized carbons (Fsp3) is 0.533. The van der Waals surface area contributed by atoms with E-state index in [-0.39, 0.29) is 12.3 Å². The lowest BCUT2D eigenvalue weighted by molar-refractivity contribution is -0.157. The van der Waals surface area contributed by atoms with Crippen LogP contribution in [0.1, 0.15) is 23.9 Å². The molecule has 0 bridgehead atoms. The number of nitrogens with zero attached hydrogens (tertiary/aromatic N) is 5. The maximum Gasteiger partial charge on any atom is 0.311 e. The van der Waals surface area contributed by atoms with Crippen LogP contribution in [0.4, 0.5) is 0 Å². The molecule has 1 atom stereocenters. The van der Waals surface area contributed by atoms with Gasteiger partial charge in [0.25, 0.3) is 11.7 Å². The maximum absolute atomic E-state index is 12.2. The summed E-state index contributed by atoms with van der Waals surface area (Å²) in [6, 6.07) is 0. The molecule has 0 aliphatic heterocycles. The maximum atomic E-state index is 12.2. The third-order valence-corrected chi connectivity index (χ3v) is 4.17. The summed E-state index contributed by atoms with van der Waals surface area (Å²) in [5, 5.41) is 4.97. The molecule has 2 aromatic heterocycles. The predicted octanol–water partition coefficient (Wildman–Crippen LogP) is 1.03. The van der Waals surface area contributed by atoms with E-state index in [0.717, 1.165) is 11.3 Å². The van der Waals surface area contributed by atoms with Crippen LogP contribution in [0.25, 0.3) is 5.78 Å². The highest BCUT2D eigenvalue weighted by Crippen LogP contribution is 2.17. The van der Waals surface area contributed by atoms with Crippen molar-refractivity contribution in [2.45, 2.75) is 38.5 Å². The summed E-state index contributed by atoms with van der Waals surface area (Å²) in [5.41, 5.74) is 2.21. The number of hydrogen-bond acceptors (Lipinski definition) is 7. The molecule has 0 N–H and O–H groups in total. The number of hydrogen-bond donors (Lipinski definition) is 0. The molecule has 2 aromatic rings. The van der Waals surface area contributed by atoms with Crippen molar-refractivity contribution in [3.05, 3.63) is 17.0 Å². The molecule has 0 spiro atoms. The fourth-order valence-electron chi connectivity index (χ4n) is 2.33. The van der Waals surface area contributed by atoms with Crippen molar-refractivity contribution in [1.29, 1.82) is 0 Å². The number of carbonyl (C=O) groups excluding carboxylic acids is 2. The normalized spacial score (nSPS) is 12.2. The number of aryl methyl sites for hydroxylation is 2. The first-order chi connectivity index (χ1) is 11.2. The second-order valence-corrected chi connectivity index (χ2v) is 6.39. The summed E-state index contributed by atoms with van der Waals surface area (Å²) in [6.45, 7) is 5.23. The molecule has 8 nitrogen and oxygen atoms in total. The Kier molecular flexibility index (Phi) is 5.43. The summed E-state index contributed by atoms with van der Waals surface area (Å²) in [6.07, 6.45) is 1.10. The Balaban J connectivity index is 2.23. The van der Waals surface area contributed by atoms with Gasteiger partial charge in [-0.3, -0.25) is 9.59 Å². The molecule has 0 unspecified atom stereocenters. The van der Waals surface area contributed by atoms with Crippen LogP contribution in [-0.4, -0.2) is 62.8 Å². The Labute approximate surface area is 144 Å². The first kappa shape index (κ1) is 18.2. The molecule has 0 fully saturated rings. The SMILES string of the molecule is CSc1nc2nc(C)c(CC(=O)O[C@@H](C)C(=O)N(C)C)c(C)n2n1.